The molecule has 0 saturated heterocycles. The Hall–Kier alpha value is -1.36. The normalized spacial score (nSPS) is 26.5. The maximum atomic E-state index is 12.2. The Morgan fingerprint density at radius 1 is 1.55 bits per heavy atom. The van der Waals surface area contributed by atoms with Crippen LogP contribution in [0.15, 0.2) is 6.20 Å². The van der Waals surface area contributed by atoms with Gasteiger partial charge in [0.25, 0.3) is 5.91 Å². The molecule has 5 heteroatoms. The molecule has 1 heterocycles. The summed E-state index contributed by atoms with van der Waals surface area (Å²) in [6, 6.07) is 0. The van der Waals surface area contributed by atoms with E-state index >= 15 is 0 Å². The van der Waals surface area contributed by atoms with Crippen LogP contribution in [0, 0.1) is 5.92 Å². The van der Waals surface area contributed by atoms with Crippen molar-refractivity contribution in [2.45, 2.75) is 51.6 Å². The molecule has 1 amide bonds. The molecule has 0 aromatic carbocycles. The van der Waals surface area contributed by atoms with Crippen LogP contribution < -0.4 is 5.32 Å². The molecule has 112 valence electrons. The monoisotopic (exact) mass is 279 g/mol. The average molecular weight is 279 g/mol. The van der Waals surface area contributed by atoms with Gasteiger partial charge in [0.1, 0.15) is 0 Å². The minimum atomic E-state index is -0.739. The molecule has 0 atom stereocenters. The van der Waals surface area contributed by atoms with Gasteiger partial charge < -0.3 is 10.4 Å². The highest BCUT2D eigenvalue weighted by atomic mass is 16.3. The SMILES string of the molecule is CCc1nn(C)cc1C(=O)NCC1(O)CCC(C)CC1. The van der Waals surface area contributed by atoms with Crippen LogP contribution in [0.4, 0.5) is 0 Å². The van der Waals surface area contributed by atoms with Crippen LogP contribution in [0.5, 0.6) is 0 Å². The van der Waals surface area contributed by atoms with Crippen molar-refractivity contribution in [1.29, 1.82) is 0 Å². The summed E-state index contributed by atoms with van der Waals surface area (Å²) in [6.07, 6.45) is 6.05. The molecule has 2 rings (SSSR count). The fourth-order valence-electron chi connectivity index (χ4n) is 2.80. The minimum absolute atomic E-state index is 0.137. The number of amides is 1. The van der Waals surface area contributed by atoms with E-state index in [0.717, 1.165) is 37.8 Å². The Morgan fingerprint density at radius 2 is 2.20 bits per heavy atom. The summed E-state index contributed by atoms with van der Waals surface area (Å²) >= 11 is 0. The molecule has 1 aliphatic carbocycles. The zero-order valence-corrected chi connectivity index (χ0v) is 12.6. The molecule has 1 aromatic heterocycles. The lowest BCUT2D eigenvalue weighted by atomic mass is 9.79. The summed E-state index contributed by atoms with van der Waals surface area (Å²) in [5.41, 5.74) is 0.675. The van der Waals surface area contributed by atoms with Crippen LogP contribution >= 0.6 is 0 Å². The van der Waals surface area contributed by atoms with Gasteiger partial charge in [-0.15, -0.1) is 0 Å². The van der Waals surface area contributed by atoms with Crippen molar-refractivity contribution in [1.82, 2.24) is 15.1 Å². The molecule has 20 heavy (non-hydrogen) atoms. The van der Waals surface area contributed by atoms with E-state index in [-0.39, 0.29) is 5.91 Å². The van der Waals surface area contributed by atoms with Crippen molar-refractivity contribution in [3.05, 3.63) is 17.5 Å². The van der Waals surface area contributed by atoms with Gasteiger partial charge in [0, 0.05) is 19.8 Å². The van der Waals surface area contributed by atoms with E-state index in [1.807, 2.05) is 14.0 Å². The molecular formula is C15H25N3O2. The van der Waals surface area contributed by atoms with E-state index in [4.69, 9.17) is 0 Å². The molecule has 1 aliphatic rings. The quantitative estimate of drug-likeness (QED) is 0.880. The van der Waals surface area contributed by atoms with Crippen molar-refractivity contribution in [2.75, 3.05) is 6.54 Å². The third kappa shape index (κ3) is 3.39. The number of aliphatic hydroxyl groups is 1. The molecule has 5 nitrogen and oxygen atoms in total. The van der Waals surface area contributed by atoms with Gasteiger partial charge in [-0.25, -0.2) is 0 Å². The first-order valence-corrected chi connectivity index (χ1v) is 7.46. The number of hydrogen-bond donors (Lipinski definition) is 2. The van der Waals surface area contributed by atoms with Crippen LogP contribution in [0.1, 0.15) is 55.6 Å². The maximum absolute atomic E-state index is 12.2. The molecule has 1 saturated carbocycles. The predicted octanol–water partition coefficient (Wildman–Crippen LogP) is 1.65. The largest absolute Gasteiger partial charge is 0.388 e. The second kappa shape index (κ2) is 5.95. The van der Waals surface area contributed by atoms with Crippen LogP contribution in [0.2, 0.25) is 0 Å². The van der Waals surface area contributed by atoms with Gasteiger partial charge in [-0.1, -0.05) is 13.8 Å². The van der Waals surface area contributed by atoms with Gasteiger partial charge in [-0.2, -0.15) is 5.10 Å². The van der Waals surface area contributed by atoms with Crippen LogP contribution in [0.3, 0.4) is 0 Å². The van der Waals surface area contributed by atoms with E-state index in [0.29, 0.717) is 18.0 Å². The van der Waals surface area contributed by atoms with Crippen molar-refractivity contribution >= 4 is 5.91 Å². The van der Waals surface area contributed by atoms with E-state index < -0.39 is 5.60 Å². The Bertz CT molecular complexity index is 473. The van der Waals surface area contributed by atoms with Gasteiger partial charge in [0.15, 0.2) is 0 Å². The van der Waals surface area contributed by atoms with Crippen molar-refractivity contribution in [3.63, 3.8) is 0 Å². The number of carbonyl (C=O) groups excluding carboxylic acids is 1. The van der Waals surface area contributed by atoms with Crippen molar-refractivity contribution in [3.8, 4) is 0 Å². The second-order valence-corrected chi connectivity index (χ2v) is 6.11. The summed E-state index contributed by atoms with van der Waals surface area (Å²) < 4.78 is 1.66. The molecule has 1 fully saturated rings. The van der Waals surface area contributed by atoms with Gasteiger partial charge in [0.2, 0.25) is 0 Å². The third-order valence-electron chi connectivity index (χ3n) is 4.27. The number of aromatic nitrogens is 2. The molecule has 0 bridgehead atoms. The molecule has 2 N–H and O–H groups in total. The Balaban J connectivity index is 1.95. The molecule has 0 aliphatic heterocycles. The van der Waals surface area contributed by atoms with Crippen molar-refractivity contribution in [2.24, 2.45) is 13.0 Å². The summed E-state index contributed by atoms with van der Waals surface area (Å²) in [5.74, 6) is 0.540. The zero-order valence-electron chi connectivity index (χ0n) is 12.6. The van der Waals surface area contributed by atoms with Crippen LogP contribution in [0.25, 0.3) is 0 Å². The predicted molar refractivity (Wildman–Crippen MR) is 77.5 cm³/mol. The number of nitrogens with one attached hydrogen (secondary N) is 1. The number of aryl methyl sites for hydroxylation is 2. The first-order valence-electron chi connectivity index (χ1n) is 7.46. The molecule has 0 unspecified atom stereocenters. The van der Waals surface area contributed by atoms with Gasteiger partial charge in [-0.3, -0.25) is 9.48 Å². The number of rotatable bonds is 4. The van der Waals surface area contributed by atoms with E-state index in [2.05, 4.69) is 17.3 Å². The first kappa shape index (κ1) is 15.0. The zero-order chi connectivity index (χ0) is 14.8. The fraction of sp³-hybridized carbons (Fsp3) is 0.733. The lowest BCUT2D eigenvalue weighted by molar-refractivity contribution is -0.00540. The molecule has 0 radical (unpaired) electrons. The lowest BCUT2D eigenvalue weighted by Crippen LogP contribution is -2.45. The van der Waals surface area contributed by atoms with Gasteiger partial charge in [-0.05, 0) is 38.0 Å². The fourth-order valence-corrected chi connectivity index (χ4v) is 2.80. The Kier molecular flexibility index (Phi) is 4.48. The van der Waals surface area contributed by atoms with Crippen LogP contribution in [-0.4, -0.2) is 32.9 Å². The molecular weight excluding hydrogens is 254 g/mol. The summed E-state index contributed by atoms with van der Waals surface area (Å²) in [6.45, 7) is 4.52. The molecule has 0 spiro atoms. The summed E-state index contributed by atoms with van der Waals surface area (Å²) in [4.78, 5) is 12.2. The lowest BCUT2D eigenvalue weighted by Gasteiger charge is -2.34. The van der Waals surface area contributed by atoms with Crippen molar-refractivity contribution < 1.29 is 9.90 Å². The Morgan fingerprint density at radius 3 is 2.80 bits per heavy atom. The van der Waals surface area contributed by atoms with Gasteiger partial charge in [0.05, 0.1) is 16.9 Å². The average Bonchev–Trinajstić information content (AvgIpc) is 2.81. The topological polar surface area (TPSA) is 67.2 Å². The first-order chi connectivity index (χ1) is 9.43. The highest BCUT2D eigenvalue weighted by Crippen LogP contribution is 2.31. The number of hydrogen-bond acceptors (Lipinski definition) is 3. The minimum Gasteiger partial charge on any atom is -0.388 e. The van der Waals surface area contributed by atoms with Gasteiger partial charge >= 0.3 is 0 Å². The van der Waals surface area contributed by atoms with Crippen LogP contribution in [-0.2, 0) is 13.5 Å². The Labute approximate surface area is 120 Å². The van der Waals surface area contributed by atoms with E-state index in [1.54, 1.807) is 10.9 Å². The highest BCUT2D eigenvalue weighted by Gasteiger charge is 2.32. The standard InChI is InChI=1S/C15H25N3O2/c1-4-13-12(9-18(3)17-13)14(19)16-10-15(20)7-5-11(2)6-8-15/h9,11,20H,4-8,10H2,1-3H3,(H,16,19). The number of nitrogens with zero attached hydrogens (tertiary/aromatic N) is 2. The van der Waals surface area contributed by atoms with E-state index in [1.165, 1.54) is 0 Å². The number of carbonyl (C=O) groups is 1. The highest BCUT2D eigenvalue weighted by molar-refractivity contribution is 5.95. The maximum Gasteiger partial charge on any atom is 0.254 e. The second-order valence-electron chi connectivity index (χ2n) is 6.11. The molecule has 1 aromatic rings. The van der Waals surface area contributed by atoms with E-state index in [9.17, 15) is 9.90 Å². The summed E-state index contributed by atoms with van der Waals surface area (Å²) in [7, 11) is 1.81. The third-order valence-corrected chi connectivity index (χ3v) is 4.27. The smallest absolute Gasteiger partial charge is 0.254 e. The summed E-state index contributed by atoms with van der Waals surface area (Å²) in [5, 5.41) is 17.6.